The molecule has 2 amide bonds. The van der Waals surface area contributed by atoms with Crippen molar-refractivity contribution >= 4 is 44.7 Å². The van der Waals surface area contributed by atoms with Crippen LogP contribution in [-0.4, -0.2) is 16.8 Å². The third-order valence-corrected chi connectivity index (χ3v) is 5.31. The van der Waals surface area contributed by atoms with Gasteiger partial charge in [-0.1, -0.05) is 18.2 Å². The molecule has 1 aromatic heterocycles. The lowest BCUT2D eigenvalue weighted by atomic mass is 10.1. The van der Waals surface area contributed by atoms with E-state index in [1.54, 1.807) is 17.4 Å². The molecular formula is C21H23N3O2S. The van der Waals surface area contributed by atoms with Gasteiger partial charge in [0.1, 0.15) is 0 Å². The molecule has 3 rings (SSSR count). The van der Waals surface area contributed by atoms with Crippen molar-refractivity contribution in [2.24, 2.45) is 0 Å². The number of carbonyl (C=O) groups excluding carboxylic acids is 2. The van der Waals surface area contributed by atoms with E-state index < -0.39 is 0 Å². The lowest BCUT2D eigenvalue weighted by Crippen LogP contribution is -2.12. The molecule has 5 nitrogen and oxygen atoms in total. The molecule has 0 unspecified atom stereocenters. The van der Waals surface area contributed by atoms with Gasteiger partial charge in [-0.2, -0.15) is 0 Å². The highest BCUT2D eigenvalue weighted by atomic mass is 32.1. The number of aromatic nitrogens is 1. The van der Waals surface area contributed by atoms with Crippen molar-refractivity contribution in [1.82, 2.24) is 4.98 Å². The Kier molecular flexibility index (Phi) is 6.19. The van der Waals surface area contributed by atoms with Crippen LogP contribution in [0.25, 0.3) is 10.2 Å². The molecule has 0 radical (unpaired) electrons. The average molecular weight is 382 g/mol. The van der Waals surface area contributed by atoms with Gasteiger partial charge in [-0.3, -0.25) is 9.59 Å². The maximum Gasteiger partial charge on any atom is 0.224 e. The molecule has 27 heavy (non-hydrogen) atoms. The first-order valence-corrected chi connectivity index (χ1v) is 9.85. The molecule has 0 aliphatic rings. The Bertz CT molecular complexity index is 932. The van der Waals surface area contributed by atoms with Crippen LogP contribution in [0.1, 0.15) is 36.8 Å². The first kappa shape index (κ1) is 19.0. The smallest absolute Gasteiger partial charge is 0.224 e. The molecule has 0 atom stereocenters. The van der Waals surface area contributed by atoms with Gasteiger partial charge in [0, 0.05) is 24.7 Å². The van der Waals surface area contributed by atoms with Crippen molar-refractivity contribution in [2.45, 2.75) is 39.5 Å². The average Bonchev–Trinajstić information content (AvgIpc) is 3.04. The Hall–Kier alpha value is -2.73. The summed E-state index contributed by atoms with van der Waals surface area (Å²) in [5.74, 6) is -0.145. The van der Waals surface area contributed by atoms with Crippen molar-refractivity contribution in [3.63, 3.8) is 0 Å². The summed E-state index contributed by atoms with van der Waals surface area (Å²) in [7, 11) is 0. The fourth-order valence-corrected chi connectivity index (χ4v) is 3.85. The number of para-hydroxylation sites is 1. The van der Waals surface area contributed by atoms with Gasteiger partial charge in [0.2, 0.25) is 11.8 Å². The highest BCUT2D eigenvalue weighted by Gasteiger charge is 2.07. The standard InChI is InChI=1S/C21H23N3O2S/c1-14-11-12-16(13-18(14)22-15(2)25)23-20(26)9-5-6-10-21-24-17-7-3-4-8-19(17)27-21/h3-4,7-8,11-13H,5-6,9-10H2,1-2H3,(H,22,25)(H,23,26). The second-order valence-corrected chi connectivity index (χ2v) is 7.66. The Balaban J connectivity index is 1.46. The number of hydrogen-bond acceptors (Lipinski definition) is 4. The van der Waals surface area contributed by atoms with Crippen LogP contribution in [0, 0.1) is 6.92 Å². The number of benzene rings is 2. The summed E-state index contributed by atoms with van der Waals surface area (Å²) in [5, 5.41) is 6.79. The number of amides is 2. The first-order valence-electron chi connectivity index (χ1n) is 9.04. The zero-order valence-corrected chi connectivity index (χ0v) is 16.4. The van der Waals surface area contributed by atoms with Gasteiger partial charge < -0.3 is 10.6 Å². The van der Waals surface area contributed by atoms with E-state index in [0.29, 0.717) is 12.1 Å². The summed E-state index contributed by atoms with van der Waals surface area (Å²) < 4.78 is 1.21. The van der Waals surface area contributed by atoms with Crippen LogP contribution in [0.3, 0.4) is 0 Å². The van der Waals surface area contributed by atoms with Crippen molar-refractivity contribution in [3.8, 4) is 0 Å². The SMILES string of the molecule is CC(=O)Nc1cc(NC(=O)CCCCc2nc3ccccc3s2)ccc1C. The van der Waals surface area contributed by atoms with Crippen molar-refractivity contribution < 1.29 is 9.59 Å². The van der Waals surface area contributed by atoms with E-state index in [0.717, 1.165) is 41.0 Å². The molecule has 0 bridgehead atoms. The van der Waals surface area contributed by atoms with Crippen LogP contribution in [0.4, 0.5) is 11.4 Å². The van der Waals surface area contributed by atoms with Crippen LogP contribution in [0.5, 0.6) is 0 Å². The molecular weight excluding hydrogens is 358 g/mol. The second kappa shape index (κ2) is 8.77. The number of anilines is 2. The summed E-state index contributed by atoms with van der Waals surface area (Å²) in [6, 6.07) is 13.7. The zero-order valence-electron chi connectivity index (χ0n) is 15.5. The van der Waals surface area contributed by atoms with E-state index in [9.17, 15) is 9.59 Å². The minimum absolute atomic E-state index is 0.0167. The third kappa shape index (κ3) is 5.37. The van der Waals surface area contributed by atoms with Crippen molar-refractivity contribution in [1.29, 1.82) is 0 Å². The van der Waals surface area contributed by atoms with Gasteiger partial charge in [0.05, 0.1) is 15.2 Å². The highest BCUT2D eigenvalue weighted by Crippen LogP contribution is 2.23. The summed E-state index contributed by atoms with van der Waals surface area (Å²) in [6.45, 7) is 3.38. The first-order chi connectivity index (χ1) is 13.0. The van der Waals surface area contributed by atoms with E-state index >= 15 is 0 Å². The zero-order chi connectivity index (χ0) is 19.2. The number of nitrogens with one attached hydrogen (secondary N) is 2. The van der Waals surface area contributed by atoms with Gasteiger partial charge in [0.15, 0.2) is 0 Å². The van der Waals surface area contributed by atoms with Gasteiger partial charge in [-0.05, 0) is 56.0 Å². The van der Waals surface area contributed by atoms with E-state index in [4.69, 9.17) is 0 Å². The van der Waals surface area contributed by atoms with Crippen LogP contribution in [-0.2, 0) is 16.0 Å². The molecule has 0 spiro atoms. The van der Waals surface area contributed by atoms with Crippen molar-refractivity contribution in [2.75, 3.05) is 10.6 Å². The Labute approximate surface area is 162 Å². The molecule has 1 heterocycles. The molecule has 2 aromatic carbocycles. The number of thiazole rings is 1. The summed E-state index contributed by atoms with van der Waals surface area (Å²) in [6.07, 6.45) is 3.10. The van der Waals surface area contributed by atoms with Gasteiger partial charge >= 0.3 is 0 Å². The molecule has 2 N–H and O–H groups in total. The molecule has 0 saturated carbocycles. The minimum atomic E-state index is -0.128. The van der Waals surface area contributed by atoms with Crippen LogP contribution >= 0.6 is 11.3 Å². The van der Waals surface area contributed by atoms with E-state index in [2.05, 4.69) is 21.7 Å². The second-order valence-electron chi connectivity index (χ2n) is 6.54. The summed E-state index contributed by atoms with van der Waals surface area (Å²) >= 11 is 1.72. The predicted octanol–water partition coefficient (Wildman–Crippen LogP) is 4.91. The van der Waals surface area contributed by atoms with Crippen LogP contribution in [0.2, 0.25) is 0 Å². The van der Waals surface area contributed by atoms with Crippen molar-refractivity contribution in [3.05, 3.63) is 53.0 Å². The normalized spacial score (nSPS) is 10.7. The number of unbranched alkanes of at least 4 members (excludes halogenated alkanes) is 1. The largest absolute Gasteiger partial charge is 0.326 e. The molecule has 6 heteroatoms. The molecule has 0 saturated heterocycles. The Morgan fingerprint density at radius 3 is 2.67 bits per heavy atom. The number of nitrogens with zero attached hydrogens (tertiary/aromatic N) is 1. The Morgan fingerprint density at radius 1 is 1.07 bits per heavy atom. The highest BCUT2D eigenvalue weighted by molar-refractivity contribution is 7.18. The van der Waals surface area contributed by atoms with Crippen LogP contribution in [0.15, 0.2) is 42.5 Å². The number of carbonyl (C=O) groups is 2. The quantitative estimate of drug-likeness (QED) is 0.571. The third-order valence-electron chi connectivity index (χ3n) is 4.21. The summed E-state index contributed by atoms with van der Waals surface area (Å²) in [5.41, 5.74) is 3.42. The van der Waals surface area contributed by atoms with E-state index in [-0.39, 0.29) is 11.8 Å². The topological polar surface area (TPSA) is 71.1 Å². The molecule has 0 aliphatic carbocycles. The minimum Gasteiger partial charge on any atom is -0.326 e. The molecule has 3 aromatic rings. The monoisotopic (exact) mass is 381 g/mol. The molecule has 0 aliphatic heterocycles. The number of fused-ring (bicyclic) bond motifs is 1. The maximum absolute atomic E-state index is 12.2. The van der Waals surface area contributed by atoms with Gasteiger partial charge in [0.25, 0.3) is 0 Å². The van der Waals surface area contributed by atoms with Gasteiger partial charge in [-0.15, -0.1) is 11.3 Å². The fourth-order valence-electron chi connectivity index (χ4n) is 2.84. The summed E-state index contributed by atoms with van der Waals surface area (Å²) in [4.78, 5) is 28.0. The molecule has 140 valence electrons. The van der Waals surface area contributed by atoms with Crippen LogP contribution < -0.4 is 10.6 Å². The fraction of sp³-hybridized carbons (Fsp3) is 0.286. The van der Waals surface area contributed by atoms with E-state index in [1.807, 2.05) is 37.3 Å². The predicted molar refractivity (Wildman–Crippen MR) is 111 cm³/mol. The lowest BCUT2D eigenvalue weighted by molar-refractivity contribution is -0.116. The van der Waals surface area contributed by atoms with E-state index in [1.165, 1.54) is 11.6 Å². The number of rotatable bonds is 7. The number of hydrogen-bond donors (Lipinski definition) is 2. The number of aryl methyl sites for hydroxylation is 2. The Morgan fingerprint density at radius 2 is 1.89 bits per heavy atom. The lowest BCUT2D eigenvalue weighted by Gasteiger charge is -2.10. The molecule has 0 fully saturated rings. The maximum atomic E-state index is 12.2. The van der Waals surface area contributed by atoms with Gasteiger partial charge in [-0.25, -0.2) is 4.98 Å².